The summed E-state index contributed by atoms with van der Waals surface area (Å²) < 4.78 is 0. The molecule has 0 spiro atoms. The molecule has 0 aliphatic carbocycles. The Labute approximate surface area is 50.1 Å². The van der Waals surface area contributed by atoms with E-state index in [4.69, 9.17) is 0 Å². The van der Waals surface area contributed by atoms with E-state index in [2.05, 4.69) is 6.92 Å². The second-order valence-electron chi connectivity index (χ2n) is 2.64. The molecule has 0 radical (unpaired) electrons. The minimum Gasteiger partial charge on any atom is -0.785 e. The summed E-state index contributed by atoms with van der Waals surface area (Å²) >= 11 is 0. The van der Waals surface area contributed by atoms with Gasteiger partial charge in [-0.15, -0.1) is 0 Å². The Balaban J connectivity index is 2.23. The molecule has 1 heterocycles. The van der Waals surface area contributed by atoms with Crippen LogP contribution in [0.25, 0.3) is 0 Å². The van der Waals surface area contributed by atoms with Crippen molar-refractivity contribution in [3.63, 3.8) is 0 Å². The van der Waals surface area contributed by atoms with Crippen molar-refractivity contribution >= 4 is 0 Å². The number of rotatable bonds is 0. The lowest BCUT2D eigenvalue weighted by Gasteiger charge is -2.35. The molecule has 0 amide bonds. The highest BCUT2D eigenvalue weighted by Gasteiger charge is 2.07. The van der Waals surface area contributed by atoms with Gasteiger partial charge < -0.3 is 10.3 Å². The Morgan fingerprint density at radius 1 is 1.62 bits per heavy atom. The van der Waals surface area contributed by atoms with E-state index in [-0.39, 0.29) is 0 Å². The molecule has 1 fully saturated rings. The number of hydrogen-bond donors (Lipinski definition) is 0. The molecule has 0 aromatic heterocycles. The first-order chi connectivity index (χ1) is 3.79. The summed E-state index contributed by atoms with van der Waals surface area (Å²) in [5.74, 6) is 0.626. The average molecular weight is 114 g/mol. The second-order valence-corrected chi connectivity index (χ2v) is 2.64. The third kappa shape index (κ3) is 1.46. The fourth-order valence-corrected chi connectivity index (χ4v) is 1.15. The molecule has 1 rings (SSSR count). The van der Waals surface area contributed by atoms with Gasteiger partial charge in [0.05, 0.1) is 0 Å². The molecule has 2 nitrogen and oxygen atoms in total. The van der Waals surface area contributed by atoms with Crippen LogP contribution in [0.1, 0.15) is 19.8 Å². The van der Waals surface area contributed by atoms with E-state index in [9.17, 15) is 5.21 Å². The summed E-state index contributed by atoms with van der Waals surface area (Å²) in [6.45, 7) is 3.63. The van der Waals surface area contributed by atoms with Gasteiger partial charge in [-0.05, 0) is 31.8 Å². The Kier molecular flexibility index (Phi) is 1.86. The lowest BCUT2D eigenvalue weighted by Crippen LogP contribution is -2.28. The van der Waals surface area contributed by atoms with Crippen molar-refractivity contribution in [2.45, 2.75) is 19.8 Å². The number of piperidine rings is 1. The Morgan fingerprint density at radius 3 is 2.75 bits per heavy atom. The maximum absolute atomic E-state index is 10.6. The number of hydrogen-bond acceptors (Lipinski definition) is 2. The lowest BCUT2D eigenvalue weighted by atomic mass is 10.0. The highest BCUT2D eigenvalue weighted by atomic mass is 16.5. The minimum atomic E-state index is 0.626. The molecule has 8 heavy (non-hydrogen) atoms. The minimum absolute atomic E-state index is 0.626. The number of nitrogens with zero attached hydrogens (tertiary/aromatic N) is 1. The third-order valence-electron chi connectivity index (χ3n) is 1.62. The normalized spacial score (nSPS) is 33.0. The number of hydroxylamine groups is 2. The van der Waals surface area contributed by atoms with Crippen LogP contribution in [-0.2, 0) is 0 Å². The van der Waals surface area contributed by atoms with E-state index in [1.54, 1.807) is 0 Å². The smallest absolute Gasteiger partial charge is 0.0118 e. The van der Waals surface area contributed by atoms with Gasteiger partial charge in [0.25, 0.3) is 0 Å². The average Bonchev–Trinajstić information content (AvgIpc) is 1.64. The summed E-state index contributed by atoms with van der Waals surface area (Å²) in [6.07, 6.45) is 2.32. The van der Waals surface area contributed by atoms with E-state index < -0.39 is 0 Å². The van der Waals surface area contributed by atoms with Crippen LogP contribution in [0.2, 0.25) is 0 Å². The molecule has 0 N–H and O–H groups in total. The standard InChI is InChI=1S/C6H12NO/c1-6-3-2-4-7(8)5-6/h6H,2-5H2,1H3/q-1/t6-/m1/s1. The predicted octanol–water partition coefficient (Wildman–Crippen LogP) is 1.22. The van der Waals surface area contributed by atoms with Crippen LogP contribution in [0.5, 0.6) is 0 Å². The van der Waals surface area contributed by atoms with Crippen LogP contribution in [0.15, 0.2) is 0 Å². The van der Waals surface area contributed by atoms with Crippen LogP contribution < -0.4 is 0 Å². The maximum Gasteiger partial charge on any atom is -0.0118 e. The summed E-state index contributed by atoms with van der Waals surface area (Å²) in [5.41, 5.74) is 0. The topological polar surface area (TPSA) is 26.3 Å². The Morgan fingerprint density at radius 2 is 2.38 bits per heavy atom. The van der Waals surface area contributed by atoms with Crippen LogP contribution in [-0.4, -0.2) is 18.2 Å². The first-order valence-electron chi connectivity index (χ1n) is 3.21. The monoisotopic (exact) mass is 114 g/mol. The summed E-state index contributed by atoms with van der Waals surface area (Å²) in [7, 11) is 0. The summed E-state index contributed by atoms with van der Waals surface area (Å²) in [4.78, 5) is 0. The van der Waals surface area contributed by atoms with E-state index in [1.807, 2.05) is 0 Å². The molecule has 0 aromatic carbocycles. The van der Waals surface area contributed by atoms with Crippen LogP contribution in [0.3, 0.4) is 0 Å². The molecule has 0 saturated carbocycles. The fourth-order valence-electron chi connectivity index (χ4n) is 1.15. The van der Waals surface area contributed by atoms with Gasteiger partial charge in [0, 0.05) is 0 Å². The van der Waals surface area contributed by atoms with Crippen molar-refractivity contribution < 1.29 is 0 Å². The maximum atomic E-state index is 10.6. The zero-order chi connectivity index (χ0) is 5.98. The van der Waals surface area contributed by atoms with Crippen molar-refractivity contribution in [1.29, 1.82) is 0 Å². The first-order valence-corrected chi connectivity index (χ1v) is 3.21. The molecule has 0 bridgehead atoms. The molecule has 2 heteroatoms. The molecule has 1 aliphatic rings. The van der Waals surface area contributed by atoms with Gasteiger partial charge in [0.1, 0.15) is 0 Å². The zero-order valence-corrected chi connectivity index (χ0v) is 5.26. The van der Waals surface area contributed by atoms with Crippen molar-refractivity contribution in [1.82, 2.24) is 5.06 Å². The van der Waals surface area contributed by atoms with E-state index in [0.29, 0.717) is 5.92 Å². The Bertz CT molecular complexity index is 66.9. The van der Waals surface area contributed by atoms with E-state index in [1.165, 1.54) is 6.42 Å². The first kappa shape index (κ1) is 6.05. The fraction of sp³-hybridized carbons (Fsp3) is 1.00. The molecule has 1 atom stereocenters. The summed E-state index contributed by atoms with van der Waals surface area (Å²) in [5, 5.41) is 11.8. The molecular weight excluding hydrogens is 102 g/mol. The molecule has 1 aliphatic heterocycles. The van der Waals surface area contributed by atoms with Gasteiger partial charge in [-0.1, -0.05) is 6.92 Å². The van der Waals surface area contributed by atoms with E-state index >= 15 is 0 Å². The van der Waals surface area contributed by atoms with Gasteiger partial charge in [0.2, 0.25) is 0 Å². The van der Waals surface area contributed by atoms with Crippen LogP contribution in [0, 0.1) is 11.1 Å². The third-order valence-corrected chi connectivity index (χ3v) is 1.62. The molecular formula is C6H12NO-. The highest BCUT2D eigenvalue weighted by Crippen LogP contribution is 2.13. The van der Waals surface area contributed by atoms with Gasteiger partial charge in [-0.25, -0.2) is 0 Å². The molecule has 48 valence electrons. The van der Waals surface area contributed by atoms with Gasteiger partial charge in [-0.3, -0.25) is 0 Å². The quantitative estimate of drug-likeness (QED) is 0.473. The van der Waals surface area contributed by atoms with Gasteiger partial charge in [-0.2, -0.15) is 0 Å². The second kappa shape index (κ2) is 2.46. The van der Waals surface area contributed by atoms with Crippen LogP contribution in [0.4, 0.5) is 0 Å². The predicted molar refractivity (Wildman–Crippen MR) is 33.3 cm³/mol. The van der Waals surface area contributed by atoms with Crippen molar-refractivity contribution in [3.05, 3.63) is 5.21 Å². The zero-order valence-electron chi connectivity index (χ0n) is 5.26. The SMILES string of the molecule is C[C@@H]1CCCN([O-])C1. The molecule has 0 unspecified atom stereocenters. The molecule has 0 aromatic rings. The van der Waals surface area contributed by atoms with Crippen molar-refractivity contribution in [2.24, 2.45) is 5.92 Å². The Hall–Kier alpha value is -0.0800. The van der Waals surface area contributed by atoms with Crippen molar-refractivity contribution in [2.75, 3.05) is 13.1 Å². The van der Waals surface area contributed by atoms with Gasteiger partial charge >= 0.3 is 0 Å². The lowest BCUT2D eigenvalue weighted by molar-refractivity contribution is 0.248. The summed E-state index contributed by atoms with van der Waals surface area (Å²) in [6, 6.07) is 0. The van der Waals surface area contributed by atoms with Crippen molar-refractivity contribution in [3.8, 4) is 0 Å². The van der Waals surface area contributed by atoms with Gasteiger partial charge in [0.15, 0.2) is 0 Å². The van der Waals surface area contributed by atoms with E-state index in [0.717, 1.165) is 24.6 Å². The highest BCUT2D eigenvalue weighted by molar-refractivity contribution is 4.68. The largest absolute Gasteiger partial charge is 0.785 e. The molecule has 1 saturated heterocycles. The van der Waals surface area contributed by atoms with Crippen LogP contribution >= 0.6 is 0 Å².